The number of rotatable bonds is 6. The third kappa shape index (κ3) is 5.30. The fourth-order valence-electron chi connectivity index (χ4n) is 4.60. The second-order valence-electron chi connectivity index (χ2n) is 8.78. The summed E-state index contributed by atoms with van der Waals surface area (Å²) in [6.07, 6.45) is 4.47. The first kappa shape index (κ1) is 23.6. The molecule has 1 N–H and O–H groups in total. The molecule has 0 bridgehead atoms. The molecule has 5 nitrogen and oxygen atoms in total. The number of carbonyl (C=O) groups is 1. The van der Waals surface area contributed by atoms with Crippen LogP contribution in [0.5, 0.6) is 0 Å². The van der Waals surface area contributed by atoms with Crippen molar-refractivity contribution in [2.45, 2.75) is 50.8 Å². The van der Waals surface area contributed by atoms with Gasteiger partial charge in [-0.05, 0) is 73.4 Å². The van der Waals surface area contributed by atoms with Crippen molar-refractivity contribution in [2.75, 3.05) is 13.1 Å². The first-order valence-corrected chi connectivity index (χ1v) is 13.4. The van der Waals surface area contributed by atoms with Gasteiger partial charge in [-0.15, -0.1) is 0 Å². The molecule has 0 aromatic heterocycles. The van der Waals surface area contributed by atoms with Crippen LogP contribution in [0.25, 0.3) is 0 Å². The summed E-state index contributed by atoms with van der Waals surface area (Å²) in [5, 5.41) is 3.94. The molecule has 0 radical (unpaired) electrons. The number of halogens is 2. The smallest absolute Gasteiger partial charge is 0.223 e. The highest BCUT2D eigenvalue weighted by Crippen LogP contribution is 2.28. The molecular formula is C24H28Cl2N2O3S. The normalized spacial score (nSPS) is 18.3. The number of nitrogens with one attached hydrogen (secondary N) is 1. The van der Waals surface area contributed by atoms with E-state index in [-0.39, 0.29) is 23.6 Å². The maximum atomic E-state index is 12.9. The van der Waals surface area contributed by atoms with Crippen molar-refractivity contribution in [3.63, 3.8) is 0 Å². The van der Waals surface area contributed by atoms with Gasteiger partial charge in [0.25, 0.3) is 0 Å². The van der Waals surface area contributed by atoms with Crippen molar-refractivity contribution in [2.24, 2.45) is 5.92 Å². The van der Waals surface area contributed by atoms with Crippen molar-refractivity contribution in [3.05, 3.63) is 68.7 Å². The number of carbonyl (C=O) groups excluding carboxylic acids is 1. The van der Waals surface area contributed by atoms with Crippen LogP contribution in [-0.2, 0) is 33.4 Å². The van der Waals surface area contributed by atoms with Crippen molar-refractivity contribution < 1.29 is 13.2 Å². The standard InChI is InChI=1S/C24H28Cl2N2O3S/c1-16(19-6-5-17-3-2-4-20(17)13-19)27-24(29)18-9-11-28(12-10-18)32(30,31)15-21-7-8-22(25)14-23(21)26/h5-8,13-14,16,18H,2-4,9-12,15H2,1H3,(H,27,29)/t16-/m1/s1. The van der Waals surface area contributed by atoms with E-state index in [0.29, 0.717) is 41.5 Å². The Hall–Kier alpha value is -1.60. The lowest BCUT2D eigenvalue weighted by Crippen LogP contribution is -2.43. The summed E-state index contributed by atoms with van der Waals surface area (Å²) < 4.78 is 27.2. The van der Waals surface area contributed by atoms with Crippen LogP contribution in [0.1, 0.15) is 54.5 Å². The first-order chi connectivity index (χ1) is 15.2. The largest absolute Gasteiger partial charge is 0.349 e. The molecule has 0 saturated carbocycles. The highest BCUT2D eigenvalue weighted by Gasteiger charge is 2.32. The highest BCUT2D eigenvalue weighted by molar-refractivity contribution is 7.88. The van der Waals surface area contributed by atoms with Gasteiger partial charge in [0.15, 0.2) is 0 Å². The molecule has 1 aliphatic carbocycles. The Balaban J connectivity index is 1.32. The average Bonchev–Trinajstić information content (AvgIpc) is 3.23. The molecule has 8 heteroatoms. The Morgan fingerprint density at radius 3 is 2.53 bits per heavy atom. The molecule has 2 aromatic carbocycles. The number of hydrogen-bond donors (Lipinski definition) is 1. The highest BCUT2D eigenvalue weighted by atomic mass is 35.5. The number of piperidine rings is 1. The fraction of sp³-hybridized carbons (Fsp3) is 0.458. The van der Waals surface area contributed by atoms with E-state index in [4.69, 9.17) is 23.2 Å². The predicted octanol–water partition coefficient (Wildman–Crippen LogP) is 4.90. The molecule has 1 amide bonds. The van der Waals surface area contributed by atoms with Crippen LogP contribution in [0.3, 0.4) is 0 Å². The summed E-state index contributed by atoms with van der Waals surface area (Å²) >= 11 is 12.0. The third-order valence-corrected chi connectivity index (χ3v) is 8.97. The van der Waals surface area contributed by atoms with Crippen LogP contribution in [0, 0.1) is 5.92 Å². The van der Waals surface area contributed by atoms with E-state index in [0.717, 1.165) is 18.4 Å². The topological polar surface area (TPSA) is 66.5 Å². The monoisotopic (exact) mass is 494 g/mol. The van der Waals surface area contributed by atoms with E-state index in [9.17, 15) is 13.2 Å². The molecule has 1 fully saturated rings. The van der Waals surface area contributed by atoms with Gasteiger partial charge < -0.3 is 5.32 Å². The van der Waals surface area contributed by atoms with Gasteiger partial charge in [0, 0.05) is 29.1 Å². The minimum Gasteiger partial charge on any atom is -0.349 e. The molecule has 172 valence electrons. The van der Waals surface area contributed by atoms with Crippen LogP contribution in [0.15, 0.2) is 36.4 Å². The van der Waals surface area contributed by atoms with E-state index in [1.165, 1.54) is 21.9 Å². The van der Waals surface area contributed by atoms with Gasteiger partial charge in [0.05, 0.1) is 11.8 Å². The lowest BCUT2D eigenvalue weighted by molar-refractivity contribution is -0.126. The number of aryl methyl sites for hydroxylation is 2. The molecular weight excluding hydrogens is 467 g/mol. The van der Waals surface area contributed by atoms with Crippen LogP contribution in [0.4, 0.5) is 0 Å². The summed E-state index contributed by atoms with van der Waals surface area (Å²) in [6, 6.07) is 11.3. The number of nitrogens with zero attached hydrogens (tertiary/aromatic N) is 1. The molecule has 32 heavy (non-hydrogen) atoms. The van der Waals surface area contributed by atoms with E-state index in [1.54, 1.807) is 18.2 Å². The van der Waals surface area contributed by atoms with Crippen molar-refractivity contribution in [3.8, 4) is 0 Å². The number of sulfonamides is 1. The lowest BCUT2D eigenvalue weighted by atomic mass is 9.96. The van der Waals surface area contributed by atoms with E-state index < -0.39 is 10.0 Å². The minimum atomic E-state index is -3.52. The summed E-state index contributed by atoms with van der Waals surface area (Å²) in [5.41, 5.74) is 4.46. The molecule has 1 aliphatic heterocycles. The molecule has 1 saturated heterocycles. The predicted molar refractivity (Wildman–Crippen MR) is 128 cm³/mol. The summed E-state index contributed by atoms with van der Waals surface area (Å²) in [5.74, 6) is -0.358. The third-order valence-electron chi connectivity index (χ3n) is 6.55. The fourth-order valence-corrected chi connectivity index (χ4v) is 6.75. The summed E-state index contributed by atoms with van der Waals surface area (Å²) in [4.78, 5) is 12.8. The van der Waals surface area contributed by atoms with Gasteiger partial charge in [0.1, 0.15) is 0 Å². The van der Waals surface area contributed by atoms with E-state index in [1.807, 2.05) is 6.92 Å². The first-order valence-electron chi connectivity index (χ1n) is 11.1. The van der Waals surface area contributed by atoms with Gasteiger partial charge in [-0.2, -0.15) is 0 Å². The summed E-state index contributed by atoms with van der Waals surface area (Å²) in [7, 11) is -3.52. The number of benzene rings is 2. The van der Waals surface area contributed by atoms with Gasteiger partial charge in [-0.3, -0.25) is 4.79 Å². The molecule has 0 spiro atoms. The number of hydrogen-bond acceptors (Lipinski definition) is 3. The van der Waals surface area contributed by atoms with Crippen LogP contribution >= 0.6 is 23.2 Å². The van der Waals surface area contributed by atoms with Crippen LogP contribution in [-0.4, -0.2) is 31.7 Å². The van der Waals surface area contributed by atoms with Gasteiger partial charge in [-0.1, -0.05) is 47.5 Å². The molecule has 1 atom stereocenters. The van der Waals surface area contributed by atoms with Crippen molar-refractivity contribution >= 4 is 39.1 Å². The quantitative estimate of drug-likeness (QED) is 0.620. The van der Waals surface area contributed by atoms with E-state index in [2.05, 4.69) is 23.5 Å². The van der Waals surface area contributed by atoms with Crippen LogP contribution < -0.4 is 5.32 Å². The Kier molecular flexibility index (Phi) is 7.15. The molecule has 1 heterocycles. The zero-order valence-corrected chi connectivity index (χ0v) is 20.4. The molecule has 4 rings (SSSR count). The molecule has 2 aliphatic rings. The summed E-state index contributed by atoms with van der Waals surface area (Å²) in [6.45, 7) is 2.67. The Labute approximate surface area is 200 Å². The lowest BCUT2D eigenvalue weighted by Gasteiger charge is -2.31. The Morgan fingerprint density at radius 1 is 1.09 bits per heavy atom. The Bertz CT molecular complexity index is 1110. The van der Waals surface area contributed by atoms with E-state index >= 15 is 0 Å². The second-order valence-corrected chi connectivity index (χ2v) is 11.6. The zero-order valence-electron chi connectivity index (χ0n) is 18.1. The maximum absolute atomic E-state index is 12.9. The number of fused-ring (bicyclic) bond motifs is 1. The van der Waals surface area contributed by atoms with Gasteiger partial charge in [-0.25, -0.2) is 12.7 Å². The zero-order chi connectivity index (χ0) is 22.9. The number of amides is 1. The SMILES string of the molecule is C[C@@H](NC(=O)C1CCN(S(=O)(=O)Cc2ccc(Cl)cc2Cl)CC1)c1ccc2c(c1)CCC2. The van der Waals surface area contributed by atoms with Crippen LogP contribution in [0.2, 0.25) is 10.0 Å². The van der Waals surface area contributed by atoms with Crippen molar-refractivity contribution in [1.82, 2.24) is 9.62 Å². The molecule has 2 aromatic rings. The Morgan fingerprint density at radius 2 is 1.81 bits per heavy atom. The molecule has 0 unspecified atom stereocenters. The average molecular weight is 495 g/mol. The second kappa shape index (κ2) is 9.72. The van der Waals surface area contributed by atoms with Crippen molar-refractivity contribution in [1.29, 1.82) is 0 Å². The maximum Gasteiger partial charge on any atom is 0.223 e. The van der Waals surface area contributed by atoms with Gasteiger partial charge in [0.2, 0.25) is 15.9 Å². The van der Waals surface area contributed by atoms with Gasteiger partial charge >= 0.3 is 0 Å². The minimum absolute atomic E-state index is 0.00390.